The Kier molecular flexibility index (Phi) is 4.55. The van der Waals surface area contributed by atoms with Crippen molar-refractivity contribution < 1.29 is 14.6 Å². The Bertz CT molecular complexity index is 846. The number of hydrogen-bond donors (Lipinski definition) is 1. The predicted octanol–water partition coefficient (Wildman–Crippen LogP) is 4.97. The zero-order chi connectivity index (χ0) is 19.0. The maximum absolute atomic E-state index is 12.4. The minimum Gasteiger partial charge on any atom is -0.508 e. The van der Waals surface area contributed by atoms with Crippen LogP contribution < -0.4 is 0 Å². The molecule has 1 saturated carbocycles. The second-order valence-corrected chi connectivity index (χ2v) is 8.36. The number of ether oxygens (including phenoxy) is 1. The van der Waals surface area contributed by atoms with Gasteiger partial charge in [-0.2, -0.15) is 0 Å². The number of phenols is 1. The first kappa shape index (κ1) is 17.8. The van der Waals surface area contributed by atoms with E-state index in [9.17, 15) is 9.90 Å². The number of allylic oxidation sites excluding steroid dienone is 2. The molecule has 0 heterocycles. The van der Waals surface area contributed by atoms with Gasteiger partial charge in [-0.05, 0) is 53.5 Å². The summed E-state index contributed by atoms with van der Waals surface area (Å²) < 4.78 is 5.59. The van der Waals surface area contributed by atoms with E-state index in [1.165, 1.54) is 5.56 Å². The molecule has 2 aliphatic rings. The van der Waals surface area contributed by atoms with Gasteiger partial charge in [0.1, 0.15) is 12.4 Å². The van der Waals surface area contributed by atoms with Crippen molar-refractivity contribution in [3.8, 4) is 5.75 Å². The first-order valence-corrected chi connectivity index (χ1v) is 9.67. The molecule has 3 atom stereocenters. The average Bonchev–Trinajstić information content (AvgIpc) is 3.30. The van der Waals surface area contributed by atoms with Gasteiger partial charge in [-0.25, -0.2) is 0 Å². The van der Waals surface area contributed by atoms with Crippen molar-refractivity contribution in [1.82, 2.24) is 0 Å². The summed E-state index contributed by atoms with van der Waals surface area (Å²) >= 11 is 0. The molecule has 0 amide bonds. The summed E-state index contributed by atoms with van der Waals surface area (Å²) in [6, 6.07) is 15.6. The summed E-state index contributed by atoms with van der Waals surface area (Å²) in [5, 5.41) is 9.50. The predicted molar refractivity (Wildman–Crippen MR) is 105 cm³/mol. The highest BCUT2D eigenvalue weighted by Crippen LogP contribution is 2.44. The number of aromatic hydroxyl groups is 1. The summed E-state index contributed by atoms with van der Waals surface area (Å²) in [7, 11) is 0. The van der Waals surface area contributed by atoms with Gasteiger partial charge >= 0.3 is 5.97 Å². The van der Waals surface area contributed by atoms with Crippen LogP contribution in [-0.2, 0) is 21.6 Å². The van der Waals surface area contributed by atoms with Gasteiger partial charge in [-0.15, -0.1) is 0 Å². The molecule has 0 aliphatic heterocycles. The van der Waals surface area contributed by atoms with Crippen LogP contribution >= 0.6 is 0 Å². The van der Waals surface area contributed by atoms with Crippen molar-refractivity contribution in [2.45, 2.75) is 38.7 Å². The van der Waals surface area contributed by atoms with Crippen molar-refractivity contribution in [2.24, 2.45) is 17.8 Å². The van der Waals surface area contributed by atoms with Crippen molar-refractivity contribution in [2.75, 3.05) is 0 Å². The van der Waals surface area contributed by atoms with E-state index in [4.69, 9.17) is 4.74 Å². The first-order valence-electron chi connectivity index (χ1n) is 9.67. The Morgan fingerprint density at radius 2 is 1.63 bits per heavy atom. The molecule has 0 radical (unpaired) electrons. The third kappa shape index (κ3) is 3.51. The second-order valence-electron chi connectivity index (χ2n) is 8.36. The van der Waals surface area contributed by atoms with Gasteiger partial charge in [0.25, 0.3) is 0 Å². The summed E-state index contributed by atoms with van der Waals surface area (Å²) in [5.74, 6) is 1.23. The highest BCUT2D eigenvalue weighted by atomic mass is 16.5. The fraction of sp³-hybridized carbons (Fsp3) is 0.375. The lowest BCUT2D eigenvalue weighted by molar-refractivity contribution is -0.150. The van der Waals surface area contributed by atoms with Gasteiger partial charge in [0.15, 0.2) is 0 Å². The highest BCUT2D eigenvalue weighted by molar-refractivity contribution is 5.74. The minimum atomic E-state index is -0.168. The molecule has 2 bridgehead atoms. The molecule has 2 aromatic rings. The highest BCUT2D eigenvalue weighted by Gasteiger charge is 2.40. The largest absolute Gasteiger partial charge is 0.508 e. The molecule has 1 N–H and O–H groups in total. The zero-order valence-corrected chi connectivity index (χ0v) is 15.9. The molecule has 3 nitrogen and oxygen atoms in total. The van der Waals surface area contributed by atoms with E-state index < -0.39 is 0 Å². The van der Waals surface area contributed by atoms with Crippen LogP contribution in [0.3, 0.4) is 0 Å². The summed E-state index contributed by atoms with van der Waals surface area (Å²) in [5.41, 5.74) is 3.16. The Labute approximate surface area is 160 Å². The van der Waals surface area contributed by atoms with E-state index in [0.29, 0.717) is 18.4 Å². The summed E-state index contributed by atoms with van der Waals surface area (Å²) in [6.45, 7) is 4.66. The molecular weight excluding hydrogens is 336 g/mol. The van der Waals surface area contributed by atoms with Gasteiger partial charge in [0.05, 0.1) is 5.92 Å². The smallest absolute Gasteiger partial charge is 0.309 e. The van der Waals surface area contributed by atoms with Crippen LogP contribution in [0.4, 0.5) is 0 Å². The number of carbonyl (C=O) groups is 1. The van der Waals surface area contributed by atoms with Gasteiger partial charge in [0.2, 0.25) is 0 Å². The maximum atomic E-state index is 12.4. The minimum absolute atomic E-state index is 0.0488. The monoisotopic (exact) mass is 362 g/mol. The Morgan fingerprint density at radius 1 is 1.00 bits per heavy atom. The van der Waals surface area contributed by atoms with Crippen LogP contribution in [0.5, 0.6) is 5.75 Å². The van der Waals surface area contributed by atoms with Crippen LogP contribution in [0.2, 0.25) is 0 Å². The van der Waals surface area contributed by atoms with E-state index in [-0.39, 0.29) is 23.1 Å². The van der Waals surface area contributed by atoms with E-state index in [1.807, 2.05) is 24.3 Å². The van der Waals surface area contributed by atoms with Crippen LogP contribution in [0.1, 0.15) is 43.4 Å². The van der Waals surface area contributed by atoms with Crippen molar-refractivity contribution >= 4 is 5.97 Å². The van der Waals surface area contributed by atoms with E-state index in [0.717, 1.165) is 24.0 Å². The molecule has 27 heavy (non-hydrogen) atoms. The normalized spacial score (nSPS) is 23.6. The molecule has 0 aromatic heterocycles. The average molecular weight is 362 g/mol. The lowest BCUT2D eigenvalue weighted by atomic mass is 9.78. The Balaban J connectivity index is 1.39. The van der Waals surface area contributed by atoms with Crippen LogP contribution in [0.15, 0.2) is 60.7 Å². The number of hydrogen-bond acceptors (Lipinski definition) is 3. The molecule has 140 valence electrons. The van der Waals surface area contributed by atoms with Crippen molar-refractivity contribution in [1.29, 1.82) is 0 Å². The zero-order valence-electron chi connectivity index (χ0n) is 15.9. The molecule has 3 unspecified atom stereocenters. The Hall–Kier alpha value is -2.55. The van der Waals surface area contributed by atoms with E-state index in [1.54, 1.807) is 12.1 Å². The fourth-order valence-electron chi connectivity index (χ4n) is 4.38. The van der Waals surface area contributed by atoms with Gasteiger partial charge < -0.3 is 9.84 Å². The van der Waals surface area contributed by atoms with E-state index in [2.05, 4.69) is 38.1 Å². The van der Waals surface area contributed by atoms with Crippen molar-refractivity contribution in [3.63, 3.8) is 0 Å². The standard InChI is InChI=1S/C24H26O3/c1-24(2,20-9-11-21(25)12-10-20)19-7-4-16(5-8-19)15-27-23(26)22-14-17-3-6-18(22)13-17/h3-12,17-18,22,25H,13-15H2,1-2H3. The number of rotatable bonds is 5. The first-order chi connectivity index (χ1) is 12.9. The topological polar surface area (TPSA) is 46.5 Å². The lowest BCUT2D eigenvalue weighted by Gasteiger charge is -2.26. The number of carbonyl (C=O) groups excluding carboxylic acids is 1. The SMILES string of the molecule is CC(C)(c1ccc(O)cc1)c1ccc(COC(=O)C2CC3C=CC2C3)cc1. The molecule has 0 spiro atoms. The number of fused-ring (bicyclic) bond motifs is 2. The number of phenolic OH excluding ortho intramolecular Hbond substituents is 1. The third-order valence-electron chi connectivity index (χ3n) is 6.23. The molecule has 0 saturated heterocycles. The summed E-state index contributed by atoms with van der Waals surface area (Å²) in [6.07, 6.45) is 6.48. The van der Waals surface area contributed by atoms with Crippen LogP contribution in [0, 0.1) is 17.8 Å². The van der Waals surface area contributed by atoms with Gasteiger partial charge in [0, 0.05) is 5.41 Å². The quantitative estimate of drug-likeness (QED) is 0.603. The van der Waals surface area contributed by atoms with Gasteiger partial charge in [-0.3, -0.25) is 4.79 Å². The molecule has 1 fully saturated rings. The molecule has 3 heteroatoms. The number of esters is 1. The molecular formula is C24H26O3. The van der Waals surface area contributed by atoms with Crippen molar-refractivity contribution in [3.05, 3.63) is 77.4 Å². The summed E-state index contributed by atoms with van der Waals surface area (Å²) in [4.78, 5) is 12.4. The molecule has 2 aromatic carbocycles. The molecule has 4 rings (SSSR count). The Morgan fingerprint density at radius 3 is 2.19 bits per heavy atom. The number of benzene rings is 2. The third-order valence-corrected chi connectivity index (χ3v) is 6.23. The molecule has 2 aliphatic carbocycles. The van der Waals surface area contributed by atoms with Crippen LogP contribution in [-0.4, -0.2) is 11.1 Å². The fourth-order valence-corrected chi connectivity index (χ4v) is 4.38. The van der Waals surface area contributed by atoms with E-state index >= 15 is 0 Å². The maximum Gasteiger partial charge on any atom is 0.309 e. The van der Waals surface area contributed by atoms with Crippen LogP contribution in [0.25, 0.3) is 0 Å². The van der Waals surface area contributed by atoms with Gasteiger partial charge in [-0.1, -0.05) is 62.4 Å². The lowest BCUT2D eigenvalue weighted by Crippen LogP contribution is -2.21. The second kappa shape index (κ2) is 6.88.